The number of carbonyl (C=O) groups excluding carboxylic acids is 1. The minimum absolute atomic E-state index is 0.118. The number of halogens is 1. The van der Waals surface area contributed by atoms with Gasteiger partial charge in [-0.2, -0.15) is 5.26 Å². The Balaban J connectivity index is 1.57. The molecule has 0 aliphatic carbocycles. The normalized spacial score (nSPS) is 10.1. The second kappa shape index (κ2) is 7.79. The summed E-state index contributed by atoms with van der Waals surface area (Å²) in [5.74, 6) is 0.271. The average molecular weight is 370 g/mol. The summed E-state index contributed by atoms with van der Waals surface area (Å²) in [5, 5.41) is 14.5. The van der Waals surface area contributed by atoms with E-state index in [-0.39, 0.29) is 12.5 Å². The molecule has 0 saturated carbocycles. The number of carbonyl (C=O) groups is 1. The van der Waals surface area contributed by atoms with E-state index in [1.165, 1.54) is 11.3 Å². The van der Waals surface area contributed by atoms with Gasteiger partial charge in [0.25, 0.3) is 5.91 Å². The molecule has 1 heterocycles. The molecular formula is C18H12ClN3O2S. The first-order valence-corrected chi connectivity index (χ1v) is 8.54. The van der Waals surface area contributed by atoms with Crippen molar-refractivity contribution in [2.24, 2.45) is 0 Å². The molecule has 0 unspecified atom stereocenters. The molecule has 0 bridgehead atoms. The number of nitrogens with zero attached hydrogens (tertiary/aromatic N) is 2. The Morgan fingerprint density at radius 1 is 1.20 bits per heavy atom. The molecule has 124 valence electrons. The smallest absolute Gasteiger partial charge is 0.264 e. The predicted octanol–water partition coefficient (Wildman–Crippen LogP) is 4.35. The molecule has 0 radical (unpaired) electrons. The fourth-order valence-corrected chi connectivity index (χ4v) is 2.88. The molecule has 0 spiro atoms. The van der Waals surface area contributed by atoms with E-state index < -0.39 is 0 Å². The van der Waals surface area contributed by atoms with Crippen molar-refractivity contribution in [2.45, 2.75) is 0 Å². The summed E-state index contributed by atoms with van der Waals surface area (Å²) in [6.45, 7) is -0.118. The van der Waals surface area contributed by atoms with Crippen molar-refractivity contribution in [2.75, 3.05) is 11.9 Å². The Morgan fingerprint density at radius 2 is 1.92 bits per heavy atom. The van der Waals surface area contributed by atoms with Gasteiger partial charge in [-0.1, -0.05) is 23.7 Å². The standard InChI is InChI=1S/C18H12ClN3O2S/c19-14-5-7-15(8-6-14)24-10-17(23)22-18-21-16(11-25-18)13-3-1-12(9-20)2-4-13/h1-8,11H,10H2,(H,21,22,23). The van der Waals surface area contributed by atoms with Crippen LogP contribution in [-0.2, 0) is 4.79 Å². The summed E-state index contributed by atoms with van der Waals surface area (Å²) < 4.78 is 5.39. The maximum absolute atomic E-state index is 12.0. The third kappa shape index (κ3) is 4.57. The number of ether oxygens (including phenoxy) is 1. The fraction of sp³-hybridized carbons (Fsp3) is 0.0556. The lowest BCUT2D eigenvalue weighted by atomic mass is 10.1. The van der Waals surface area contributed by atoms with Crippen LogP contribution in [0.15, 0.2) is 53.9 Å². The number of nitrogens with one attached hydrogen (secondary N) is 1. The predicted molar refractivity (Wildman–Crippen MR) is 97.8 cm³/mol. The number of amides is 1. The number of benzene rings is 2. The van der Waals surface area contributed by atoms with Crippen LogP contribution in [0.5, 0.6) is 5.75 Å². The van der Waals surface area contributed by atoms with Gasteiger partial charge in [-0.15, -0.1) is 11.3 Å². The second-order valence-corrected chi connectivity index (χ2v) is 6.31. The maximum Gasteiger partial charge on any atom is 0.264 e. The summed E-state index contributed by atoms with van der Waals surface area (Å²) in [4.78, 5) is 16.3. The highest BCUT2D eigenvalue weighted by atomic mass is 35.5. The molecule has 0 fully saturated rings. The van der Waals surface area contributed by atoms with Gasteiger partial charge in [-0.3, -0.25) is 10.1 Å². The van der Waals surface area contributed by atoms with Crippen LogP contribution in [0, 0.1) is 11.3 Å². The van der Waals surface area contributed by atoms with E-state index in [0.717, 1.165) is 11.3 Å². The molecule has 0 aliphatic rings. The van der Waals surface area contributed by atoms with E-state index in [0.29, 0.717) is 21.5 Å². The summed E-state index contributed by atoms with van der Waals surface area (Å²) in [6, 6.07) is 16.0. The van der Waals surface area contributed by atoms with Gasteiger partial charge in [0.15, 0.2) is 11.7 Å². The van der Waals surface area contributed by atoms with Gasteiger partial charge >= 0.3 is 0 Å². The van der Waals surface area contributed by atoms with Crippen LogP contribution in [0.2, 0.25) is 5.02 Å². The molecular weight excluding hydrogens is 358 g/mol. The van der Waals surface area contributed by atoms with Crippen molar-refractivity contribution >= 4 is 34.0 Å². The number of anilines is 1. The number of hydrogen-bond donors (Lipinski definition) is 1. The second-order valence-electron chi connectivity index (χ2n) is 5.02. The van der Waals surface area contributed by atoms with Gasteiger partial charge in [0.1, 0.15) is 5.75 Å². The topological polar surface area (TPSA) is 75.0 Å². The lowest BCUT2D eigenvalue weighted by Crippen LogP contribution is -2.20. The summed E-state index contributed by atoms with van der Waals surface area (Å²) in [7, 11) is 0. The van der Waals surface area contributed by atoms with Gasteiger partial charge in [0.05, 0.1) is 17.3 Å². The third-order valence-electron chi connectivity index (χ3n) is 3.24. The first kappa shape index (κ1) is 17.0. The number of rotatable bonds is 5. The van der Waals surface area contributed by atoms with Crippen LogP contribution in [0.4, 0.5) is 5.13 Å². The van der Waals surface area contributed by atoms with E-state index in [2.05, 4.69) is 16.4 Å². The largest absolute Gasteiger partial charge is 0.484 e. The molecule has 0 saturated heterocycles. The monoisotopic (exact) mass is 369 g/mol. The molecule has 1 amide bonds. The highest BCUT2D eigenvalue weighted by Crippen LogP contribution is 2.25. The van der Waals surface area contributed by atoms with E-state index in [1.54, 1.807) is 36.4 Å². The molecule has 2 aromatic carbocycles. The Kier molecular flexibility index (Phi) is 5.29. The molecule has 25 heavy (non-hydrogen) atoms. The van der Waals surface area contributed by atoms with Crippen molar-refractivity contribution in [3.8, 4) is 23.1 Å². The first-order chi connectivity index (χ1) is 12.1. The van der Waals surface area contributed by atoms with Crippen LogP contribution in [0.3, 0.4) is 0 Å². The van der Waals surface area contributed by atoms with Crippen LogP contribution in [0.25, 0.3) is 11.3 Å². The van der Waals surface area contributed by atoms with E-state index in [1.807, 2.05) is 17.5 Å². The van der Waals surface area contributed by atoms with Gasteiger partial charge < -0.3 is 4.74 Å². The highest BCUT2D eigenvalue weighted by Gasteiger charge is 2.09. The van der Waals surface area contributed by atoms with Gasteiger partial charge in [-0.25, -0.2) is 4.98 Å². The zero-order chi connectivity index (χ0) is 17.6. The maximum atomic E-state index is 12.0. The lowest BCUT2D eigenvalue weighted by molar-refractivity contribution is -0.118. The van der Waals surface area contributed by atoms with Gasteiger partial charge in [0, 0.05) is 16.0 Å². The molecule has 0 aliphatic heterocycles. The van der Waals surface area contributed by atoms with Crippen LogP contribution < -0.4 is 10.1 Å². The van der Waals surface area contributed by atoms with Crippen molar-refractivity contribution in [1.29, 1.82) is 5.26 Å². The quantitative estimate of drug-likeness (QED) is 0.725. The number of hydrogen-bond acceptors (Lipinski definition) is 5. The van der Waals surface area contributed by atoms with Crippen molar-refractivity contribution < 1.29 is 9.53 Å². The Hall–Kier alpha value is -2.88. The Morgan fingerprint density at radius 3 is 2.60 bits per heavy atom. The minimum Gasteiger partial charge on any atom is -0.484 e. The number of aromatic nitrogens is 1. The van der Waals surface area contributed by atoms with Gasteiger partial charge in [-0.05, 0) is 36.4 Å². The van der Waals surface area contributed by atoms with Crippen LogP contribution in [0.1, 0.15) is 5.56 Å². The van der Waals surface area contributed by atoms with E-state index in [9.17, 15) is 4.79 Å². The molecule has 3 aromatic rings. The van der Waals surface area contributed by atoms with Crippen LogP contribution in [-0.4, -0.2) is 17.5 Å². The Bertz CT molecular complexity index is 915. The summed E-state index contributed by atoms with van der Waals surface area (Å²) in [5.41, 5.74) is 2.21. The fourth-order valence-electron chi connectivity index (χ4n) is 2.01. The first-order valence-electron chi connectivity index (χ1n) is 7.28. The molecule has 3 rings (SSSR count). The number of nitriles is 1. The average Bonchev–Trinajstić information content (AvgIpc) is 3.10. The summed E-state index contributed by atoms with van der Waals surface area (Å²) >= 11 is 7.12. The lowest BCUT2D eigenvalue weighted by Gasteiger charge is -2.05. The van der Waals surface area contributed by atoms with Gasteiger partial charge in [0.2, 0.25) is 0 Å². The molecule has 1 aromatic heterocycles. The zero-order valence-electron chi connectivity index (χ0n) is 12.9. The SMILES string of the molecule is N#Cc1ccc(-c2csc(NC(=O)COc3ccc(Cl)cc3)n2)cc1. The minimum atomic E-state index is -0.296. The van der Waals surface area contributed by atoms with E-state index >= 15 is 0 Å². The molecule has 1 N–H and O–H groups in total. The van der Waals surface area contributed by atoms with Crippen LogP contribution >= 0.6 is 22.9 Å². The highest BCUT2D eigenvalue weighted by molar-refractivity contribution is 7.14. The molecule has 5 nitrogen and oxygen atoms in total. The molecule has 7 heteroatoms. The van der Waals surface area contributed by atoms with Crippen molar-refractivity contribution in [1.82, 2.24) is 4.98 Å². The Labute approximate surface area is 153 Å². The number of thiazole rings is 1. The van der Waals surface area contributed by atoms with Crippen molar-refractivity contribution in [3.63, 3.8) is 0 Å². The molecule has 0 atom stereocenters. The zero-order valence-corrected chi connectivity index (χ0v) is 14.5. The van der Waals surface area contributed by atoms with Crippen molar-refractivity contribution in [3.05, 3.63) is 64.5 Å². The third-order valence-corrected chi connectivity index (χ3v) is 4.25. The summed E-state index contributed by atoms with van der Waals surface area (Å²) in [6.07, 6.45) is 0. The van der Waals surface area contributed by atoms with E-state index in [4.69, 9.17) is 21.6 Å².